The molecule has 0 N–H and O–H groups in total. The molecular formula is C14H18ClN3O4S. The normalized spacial score (nSPS) is 10.7. The van der Waals surface area contributed by atoms with Crippen LogP contribution in [0.1, 0.15) is 6.92 Å². The maximum Gasteiger partial charge on any atom is 0.275 e. The molecule has 1 aromatic carbocycles. The Bertz CT molecular complexity index is 603. The van der Waals surface area contributed by atoms with Gasteiger partial charge in [0.2, 0.25) is 5.69 Å². The summed E-state index contributed by atoms with van der Waals surface area (Å²) < 4.78 is 36.0. The number of nitrogens with zero attached hydrogens (tertiary/aromatic N) is 3. The summed E-state index contributed by atoms with van der Waals surface area (Å²) in [6.07, 6.45) is 1.90. The number of halogens is 1. The molecule has 23 heavy (non-hydrogen) atoms. The van der Waals surface area contributed by atoms with Crippen LogP contribution in [-0.4, -0.2) is 24.9 Å². The minimum atomic E-state index is -4.94. The van der Waals surface area contributed by atoms with Gasteiger partial charge in [0.25, 0.3) is 5.03 Å². The van der Waals surface area contributed by atoms with E-state index in [1.54, 1.807) is 11.8 Å². The Kier molecular flexibility index (Phi) is 7.69. The molecule has 0 amide bonds. The summed E-state index contributed by atoms with van der Waals surface area (Å²) in [6, 6.07) is 12.4. The molecule has 0 fully saturated rings. The summed E-state index contributed by atoms with van der Waals surface area (Å²) in [7, 11) is -0.880. The summed E-state index contributed by atoms with van der Waals surface area (Å²) in [5.41, 5.74) is 2.22. The van der Waals surface area contributed by atoms with Gasteiger partial charge in [0.15, 0.2) is 0 Å². The van der Waals surface area contributed by atoms with E-state index in [-0.39, 0.29) is 0 Å². The van der Waals surface area contributed by atoms with Gasteiger partial charge in [-0.05, 0) is 4.68 Å². The topological polar surface area (TPSA) is 112 Å². The second-order valence-electron chi connectivity index (χ2n) is 4.50. The molecule has 0 saturated carbocycles. The molecule has 0 aliphatic heterocycles. The maximum atomic E-state index is 8.49. The zero-order valence-corrected chi connectivity index (χ0v) is 14.6. The van der Waals surface area contributed by atoms with E-state index in [0.717, 1.165) is 22.2 Å². The lowest BCUT2D eigenvalue weighted by Crippen LogP contribution is -2.68. The van der Waals surface area contributed by atoms with E-state index in [1.807, 2.05) is 43.2 Å². The van der Waals surface area contributed by atoms with Gasteiger partial charge in [-0.25, -0.2) is 18.6 Å². The van der Waals surface area contributed by atoms with E-state index >= 15 is 0 Å². The zero-order chi connectivity index (χ0) is 17.5. The van der Waals surface area contributed by atoms with Gasteiger partial charge in [-0.2, -0.15) is 0 Å². The number of benzene rings is 1. The summed E-state index contributed by atoms with van der Waals surface area (Å²) in [6.45, 7) is 2.16. The first-order valence-corrected chi connectivity index (χ1v) is 8.84. The van der Waals surface area contributed by atoms with Crippen LogP contribution in [0.25, 0.3) is 5.69 Å². The number of aromatic nitrogens is 2. The van der Waals surface area contributed by atoms with Crippen molar-refractivity contribution in [3.05, 3.63) is 42.6 Å². The monoisotopic (exact) mass is 359 g/mol. The third-order valence-corrected chi connectivity index (χ3v) is 3.47. The lowest BCUT2D eigenvalue weighted by Gasteiger charge is -2.17. The van der Waals surface area contributed by atoms with E-state index in [9.17, 15) is 0 Å². The molecule has 0 saturated heterocycles. The molecule has 9 heteroatoms. The fourth-order valence-electron chi connectivity index (χ4n) is 1.66. The molecule has 2 aromatic rings. The van der Waals surface area contributed by atoms with Crippen LogP contribution in [0.2, 0.25) is 0 Å². The Hall–Kier alpha value is -1.42. The van der Waals surface area contributed by atoms with Gasteiger partial charge in [0, 0.05) is 43.1 Å². The van der Waals surface area contributed by atoms with E-state index in [4.69, 9.17) is 18.6 Å². The first kappa shape index (κ1) is 19.6. The van der Waals surface area contributed by atoms with E-state index in [0.29, 0.717) is 0 Å². The van der Waals surface area contributed by atoms with Crippen LogP contribution in [0.5, 0.6) is 0 Å². The molecule has 0 atom stereocenters. The van der Waals surface area contributed by atoms with Crippen LogP contribution in [0.3, 0.4) is 0 Å². The number of rotatable bonds is 4. The van der Waals surface area contributed by atoms with Gasteiger partial charge in [-0.15, -0.1) is 10.2 Å². The molecule has 0 bridgehead atoms. The number of hydrogen-bond acceptors (Lipinski definition) is 7. The number of para-hydroxylation sites is 1. The van der Waals surface area contributed by atoms with Crippen LogP contribution < -0.4 is 28.2 Å². The number of thioether (sulfide) groups is 1. The summed E-state index contributed by atoms with van der Waals surface area (Å²) in [4.78, 5) is 2.07. The molecule has 2 rings (SSSR count). The van der Waals surface area contributed by atoms with Gasteiger partial charge in [0.05, 0.1) is 5.69 Å². The van der Waals surface area contributed by atoms with Crippen LogP contribution in [0, 0.1) is 10.2 Å². The third kappa shape index (κ3) is 7.60. The Morgan fingerprint density at radius 3 is 2.17 bits per heavy atom. The molecule has 1 aromatic heterocycles. The van der Waals surface area contributed by atoms with Crippen molar-refractivity contribution in [3.8, 4) is 5.69 Å². The average molecular weight is 360 g/mol. The van der Waals surface area contributed by atoms with E-state index in [1.165, 1.54) is 0 Å². The molecule has 0 aliphatic carbocycles. The Morgan fingerprint density at radius 2 is 1.70 bits per heavy atom. The van der Waals surface area contributed by atoms with Crippen LogP contribution in [-0.2, 0) is 0 Å². The van der Waals surface area contributed by atoms with Gasteiger partial charge in [-0.3, -0.25) is 0 Å². The SMILES string of the molecule is CCSc1cc(N(C)C)cn[n+]1-c1ccccc1.[O-][Cl+3]([O-])([O-])[O-]. The maximum absolute atomic E-state index is 8.49. The highest BCUT2D eigenvalue weighted by atomic mass is 35.7. The molecule has 7 nitrogen and oxygen atoms in total. The van der Waals surface area contributed by atoms with Crippen molar-refractivity contribution >= 4 is 17.4 Å². The smallest absolute Gasteiger partial charge is 0.275 e. The highest BCUT2D eigenvalue weighted by Gasteiger charge is 2.17. The largest absolute Gasteiger partial charge is 0.376 e. The Morgan fingerprint density at radius 1 is 1.13 bits per heavy atom. The van der Waals surface area contributed by atoms with Crippen molar-refractivity contribution < 1.29 is 33.6 Å². The second-order valence-corrected chi connectivity index (χ2v) is 6.54. The summed E-state index contributed by atoms with van der Waals surface area (Å²) in [5, 5.41) is 5.70. The zero-order valence-electron chi connectivity index (χ0n) is 13.0. The predicted octanol–water partition coefficient (Wildman–Crippen LogP) is -2.22. The van der Waals surface area contributed by atoms with Crippen LogP contribution in [0.4, 0.5) is 5.69 Å². The van der Waals surface area contributed by atoms with Crippen LogP contribution in [0.15, 0.2) is 47.6 Å². The molecule has 0 unspecified atom stereocenters. The molecule has 0 spiro atoms. The average Bonchev–Trinajstić information content (AvgIpc) is 2.46. The Balaban J connectivity index is 0.000000463. The molecule has 126 valence electrons. The molecule has 1 heterocycles. The van der Waals surface area contributed by atoms with E-state index < -0.39 is 10.2 Å². The van der Waals surface area contributed by atoms with Gasteiger partial charge in [0.1, 0.15) is 6.20 Å². The van der Waals surface area contributed by atoms with Gasteiger partial charge in [-0.1, -0.05) is 36.9 Å². The minimum Gasteiger partial charge on any atom is -0.376 e. The number of hydrogen-bond donors (Lipinski definition) is 0. The summed E-state index contributed by atoms with van der Waals surface area (Å²) >= 11 is 1.80. The fourth-order valence-corrected chi connectivity index (χ4v) is 2.43. The first-order valence-electron chi connectivity index (χ1n) is 6.62. The standard InChI is InChI=1S/C14H18N3S.ClHO4/c1-4-18-14-10-13(16(2)3)11-15-17(14)12-8-6-5-7-9-12;2-1(3,4)5/h5-11H,4H2,1-3H3;(H,2,3,4,5)/q+1;/p-1. The lowest BCUT2D eigenvalue weighted by molar-refractivity contribution is -2.00. The van der Waals surface area contributed by atoms with Crippen molar-refractivity contribution in [3.63, 3.8) is 0 Å². The fraction of sp³-hybridized carbons (Fsp3) is 0.286. The second kappa shape index (κ2) is 9.02. The van der Waals surface area contributed by atoms with Gasteiger partial charge >= 0.3 is 0 Å². The minimum absolute atomic E-state index is 1.03. The lowest BCUT2D eigenvalue weighted by atomic mass is 10.3. The van der Waals surface area contributed by atoms with Crippen molar-refractivity contribution in [2.24, 2.45) is 0 Å². The van der Waals surface area contributed by atoms with Crippen molar-refractivity contribution in [1.29, 1.82) is 0 Å². The third-order valence-electron chi connectivity index (χ3n) is 2.59. The van der Waals surface area contributed by atoms with Crippen molar-refractivity contribution in [2.75, 3.05) is 24.7 Å². The Labute approximate surface area is 141 Å². The molecule has 0 radical (unpaired) electrons. The predicted molar refractivity (Wildman–Crippen MR) is 76.5 cm³/mol. The summed E-state index contributed by atoms with van der Waals surface area (Å²) in [5.74, 6) is 1.03. The van der Waals surface area contributed by atoms with Crippen LogP contribution >= 0.6 is 11.8 Å². The first-order chi connectivity index (χ1) is 10.7. The quantitative estimate of drug-likeness (QED) is 0.449. The van der Waals surface area contributed by atoms with Crippen molar-refractivity contribution in [2.45, 2.75) is 11.9 Å². The highest BCUT2D eigenvalue weighted by Crippen LogP contribution is 2.19. The van der Waals surface area contributed by atoms with E-state index in [2.05, 4.69) is 35.1 Å². The number of anilines is 1. The van der Waals surface area contributed by atoms with Crippen molar-refractivity contribution in [1.82, 2.24) is 5.10 Å². The molecule has 0 aliphatic rings. The molecular weight excluding hydrogens is 342 g/mol. The van der Waals surface area contributed by atoms with Gasteiger partial charge < -0.3 is 4.90 Å². The highest BCUT2D eigenvalue weighted by molar-refractivity contribution is 7.99.